The van der Waals surface area contributed by atoms with Gasteiger partial charge in [0.15, 0.2) is 0 Å². The lowest BCUT2D eigenvalue weighted by molar-refractivity contribution is 0.100. The summed E-state index contributed by atoms with van der Waals surface area (Å²) in [4.78, 5) is 20.7. The van der Waals surface area contributed by atoms with Crippen molar-refractivity contribution >= 4 is 28.7 Å². The van der Waals surface area contributed by atoms with Crippen molar-refractivity contribution in [1.82, 2.24) is 19.5 Å². The van der Waals surface area contributed by atoms with E-state index in [1.54, 1.807) is 18.3 Å². The summed E-state index contributed by atoms with van der Waals surface area (Å²) in [7, 11) is 2.16. The second-order valence-electron chi connectivity index (χ2n) is 8.04. The Morgan fingerprint density at radius 3 is 2.53 bits per heavy atom. The molecule has 5 rings (SSSR count). The number of hydrogen-bond acceptors (Lipinski definition) is 6. The van der Waals surface area contributed by atoms with Crippen molar-refractivity contribution in [2.45, 2.75) is 0 Å². The van der Waals surface area contributed by atoms with Crippen molar-refractivity contribution in [3.05, 3.63) is 72.4 Å². The fraction of sp³-hybridized carbons (Fsp3) is 0.208. The Hall–Kier alpha value is -3.91. The third kappa shape index (κ3) is 4.00. The highest BCUT2D eigenvalue weighted by molar-refractivity contribution is 5.94. The molecule has 4 aromatic rings. The van der Waals surface area contributed by atoms with E-state index in [9.17, 15) is 4.79 Å². The first-order chi connectivity index (χ1) is 15.6. The van der Waals surface area contributed by atoms with Gasteiger partial charge in [-0.1, -0.05) is 12.1 Å². The monoisotopic (exact) mass is 427 g/mol. The molecule has 2 aromatic heterocycles. The smallest absolute Gasteiger partial charge is 0.248 e. The number of nitrogens with two attached hydrogens (primary N) is 1. The Kier molecular flexibility index (Phi) is 5.20. The predicted octanol–water partition coefficient (Wildman–Crippen LogP) is 2.99. The van der Waals surface area contributed by atoms with Gasteiger partial charge in [0.2, 0.25) is 11.9 Å². The summed E-state index contributed by atoms with van der Waals surface area (Å²) in [6, 6.07) is 19.5. The van der Waals surface area contributed by atoms with E-state index in [1.165, 1.54) is 5.69 Å². The Bertz CT molecular complexity index is 1260. The zero-order chi connectivity index (χ0) is 22.1. The second-order valence-corrected chi connectivity index (χ2v) is 8.04. The van der Waals surface area contributed by atoms with E-state index < -0.39 is 5.91 Å². The van der Waals surface area contributed by atoms with Crippen molar-refractivity contribution in [1.29, 1.82) is 0 Å². The molecule has 8 heteroatoms. The quantitative estimate of drug-likeness (QED) is 0.509. The zero-order valence-electron chi connectivity index (χ0n) is 17.9. The molecule has 2 aromatic carbocycles. The number of anilines is 3. The Morgan fingerprint density at radius 1 is 1.00 bits per heavy atom. The molecule has 0 unspecified atom stereocenters. The number of piperazine rings is 1. The number of nitrogens with zero attached hydrogens (tertiary/aromatic N) is 5. The van der Waals surface area contributed by atoms with Crippen LogP contribution in [0.3, 0.4) is 0 Å². The molecule has 0 bridgehead atoms. The van der Waals surface area contributed by atoms with Gasteiger partial charge in [0.05, 0.1) is 17.4 Å². The standard InChI is InChI=1S/C24H25N7O/c1-29-11-13-30(14-12-29)20-7-5-19(6-8-20)27-24-26-16-21-9-10-22(31(21)28-24)17-3-2-4-18(15-17)23(25)32/h2-10,15-16H,11-14H2,1H3,(H2,25,32)(H,27,28). The number of aromatic nitrogens is 3. The summed E-state index contributed by atoms with van der Waals surface area (Å²) in [5.41, 5.74) is 10.6. The molecule has 1 aliphatic rings. The van der Waals surface area contributed by atoms with Gasteiger partial charge in [-0.3, -0.25) is 4.79 Å². The van der Waals surface area contributed by atoms with E-state index in [0.717, 1.165) is 48.6 Å². The third-order valence-electron chi connectivity index (χ3n) is 5.83. The van der Waals surface area contributed by atoms with E-state index in [-0.39, 0.29) is 0 Å². The van der Waals surface area contributed by atoms with E-state index in [1.807, 2.05) is 40.9 Å². The van der Waals surface area contributed by atoms with Crippen molar-refractivity contribution in [3.8, 4) is 11.3 Å². The van der Waals surface area contributed by atoms with Crippen molar-refractivity contribution in [2.24, 2.45) is 5.73 Å². The van der Waals surface area contributed by atoms with Crippen LogP contribution < -0.4 is 16.0 Å². The van der Waals surface area contributed by atoms with Gasteiger partial charge in [-0.25, -0.2) is 9.50 Å². The van der Waals surface area contributed by atoms with Gasteiger partial charge in [0.1, 0.15) is 0 Å². The molecule has 162 valence electrons. The molecule has 3 heterocycles. The topological polar surface area (TPSA) is 91.8 Å². The number of likely N-dealkylation sites (N-methyl/N-ethyl adjacent to an activating group) is 1. The minimum Gasteiger partial charge on any atom is -0.369 e. The number of benzene rings is 2. The molecule has 1 aliphatic heterocycles. The van der Waals surface area contributed by atoms with Crippen LogP contribution in [0, 0.1) is 0 Å². The molecule has 0 aliphatic carbocycles. The molecule has 0 spiro atoms. The Balaban J connectivity index is 1.38. The normalized spacial score (nSPS) is 14.6. The summed E-state index contributed by atoms with van der Waals surface area (Å²) in [5.74, 6) is 0.0399. The molecule has 1 fully saturated rings. The largest absolute Gasteiger partial charge is 0.369 e. The first-order valence-corrected chi connectivity index (χ1v) is 10.6. The highest BCUT2D eigenvalue weighted by atomic mass is 16.1. The van der Waals surface area contributed by atoms with Crippen LogP contribution in [0.2, 0.25) is 0 Å². The lowest BCUT2D eigenvalue weighted by Crippen LogP contribution is -2.44. The van der Waals surface area contributed by atoms with Crippen molar-refractivity contribution in [3.63, 3.8) is 0 Å². The fourth-order valence-electron chi connectivity index (χ4n) is 3.96. The molecule has 3 N–H and O–H groups in total. The van der Waals surface area contributed by atoms with Crippen LogP contribution in [0.5, 0.6) is 0 Å². The minimum absolute atomic E-state index is 0.454. The maximum atomic E-state index is 11.6. The summed E-state index contributed by atoms with van der Waals surface area (Å²) >= 11 is 0. The Labute approximate surface area is 186 Å². The number of rotatable bonds is 5. The SMILES string of the molecule is CN1CCN(c2ccc(Nc3ncc4ccc(-c5cccc(C(N)=O)c5)n4n3)cc2)CC1. The van der Waals surface area contributed by atoms with E-state index in [0.29, 0.717) is 11.5 Å². The van der Waals surface area contributed by atoms with Gasteiger partial charge in [-0.05, 0) is 55.6 Å². The average molecular weight is 428 g/mol. The van der Waals surface area contributed by atoms with Crippen molar-refractivity contribution in [2.75, 3.05) is 43.4 Å². The number of amides is 1. The number of nitrogens with one attached hydrogen (secondary N) is 1. The van der Waals surface area contributed by atoms with Crippen LogP contribution in [0.1, 0.15) is 10.4 Å². The van der Waals surface area contributed by atoms with Gasteiger partial charge in [-0.15, -0.1) is 5.10 Å². The first kappa shape index (κ1) is 20.0. The lowest BCUT2D eigenvalue weighted by atomic mass is 10.1. The van der Waals surface area contributed by atoms with Gasteiger partial charge in [0.25, 0.3) is 0 Å². The zero-order valence-corrected chi connectivity index (χ0v) is 17.9. The summed E-state index contributed by atoms with van der Waals surface area (Å²) in [6.07, 6.45) is 1.77. The number of hydrogen-bond donors (Lipinski definition) is 2. The van der Waals surface area contributed by atoms with E-state index in [4.69, 9.17) is 5.73 Å². The fourth-order valence-corrected chi connectivity index (χ4v) is 3.96. The maximum absolute atomic E-state index is 11.6. The summed E-state index contributed by atoms with van der Waals surface area (Å²) < 4.78 is 1.81. The second kappa shape index (κ2) is 8.32. The van der Waals surface area contributed by atoms with Gasteiger partial charge >= 0.3 is 0 Å². The third-order valence-corrected chi connectivity index (χ3v) is 5.83. The predicted molar refractivity (Wildman–Crippen MR) is 126 cm³/mol. The summed E-state index contributed by atoms with van der Waals surface area (Å²) in [5, 5.41) is 7.95. The molecule has 8 nitrogen and oxygen atoms in total. The molecule has 0 radical (unpaired) electrons. The van der Waals surface area contributed by atoms with Gasteiger partial charge in [-0.2, -0.15) is 0 Å². The van der Waals surface area contributed by atoms with Crippen LogP contribution in [0.4, 0.5) is 17.3 Å². The van der Waals surface area contributed by atoms with Gasteiger partial charge < -0.3 is 20.9 Å². The maximum Gasteiger partial charge on any atom is 0.248 e. The Morgan fingerprint density at radius 2 is 1.78 bits per heavy atom. The van der Waals surface area contributed by atoms with Crippen LogP contribution in [-0.4, -0.2) is 58.6 Å². The average Bonchev–Trinajstić information content (AvgIpc) is 3.23. The molecular weight excluding hydrogens is 402 g/mol. The van der Waals surface area contributed by atoms with Crippen LogP contribution in [-0.2, 0) is 0 Å². The molecule has 0 atom stereocenters. The number of carbonyl (C=O) groups is 1. The highest BCUT2D eigenvalue weighted by Gasteiger charge is 2.14. The minimum atomic E-state index is -0.454. The van der Waals surface area contributed by atoms with Gasteiger partial charge in [0, 0.05) is 48.7 Å². The van der Waals surface area contributed by atoms with Crippen LogP contribution in [0.25, 0.3) is 16.8 Å². The van der Waals surface area contributed by atoms with Crippen LogP contribution in [0.15, 0.2) is 66.9 Å². The number of carbonyl (C=O) groups excluding carboxylic acids is 1. The van der Waals surface area contributed by atoms with Crippen LogP contribution >= 0.6 is 0 Å². The molecule has 0 saturated carbocycles. The lowest BCUT2D eigenvalue weighted by Gasteiger charge is -2.34. The van der Waals surface area contributed by atoms with Crippen molar-refractivity contribution < 1.29 is 4.79 Å². The first-order valence-electron chi connectivity index (χ1n) is 10.6. The van der Waals surface area contributed by atoms with E-state index >= 15 is 0 Å². The molecule has 1 saturated heterocycles. The molecular formula is C24H25N7O. The number of fused-ring (bicyclic) bond motifs is 1. The molecule has 32 heavy (non-hydrogen) atoms. The highest BCUT2D eigenvalue weighted by Crippen LogP contribution is 2.24. The summed E-state index contributed by atoms with van der Waals surface area (Å²) in [6.45, 7) is 4.23. The molecule has 1 amide bonds. The van der Waals surface area contributed by atoms with E-state index in [2.05, 4.69) is 44.4 Å². The number of primary amides is 1.